The van der Waals surface area contributed by atoms with Crippen molar-refractivity contribution in [2.75, 3.05) is 19.5 Å². The Morgan fingerprint density at radius 3 is 2.33 bits per heavy atom. The Kier molecular flexibility index (Phi) is 5.05. The fourth-order valence-corrected chi connectivity index (χ4v) is 2.81. The molecule has 0 aliphatic heterocycles. The summed E-state index contributed by atoms with van der Waals surface area (Å²) in [6.45, 7) is 0.626. The van der Waals surface area contributed by atoms with E-state index in [1.807, 2.05) is 24.3 Å². The summed E-state index contributed by atoms with van der Waals surface area (Å²) in [6, 6.07) is 9.36. The number of ether oxygens (including phenoxy) is 2. The second-order valence-corrected chi connectivity index (χ2v) is 5.65. The van der Waals surface area contributed by atoms with Crippen LogP contribution in [-0.4, -0.2) is 25.3 Å². The molecule has 2 aromatic rings. The van der Waals surface area contributed by atoms with Gasteiger partial charge in [-0.15, -0.1) is 11.3 Å². The van der Waals surface area contributed by atoms with E-state index in [1.165, 1.54) is 11.3 Å². The van der Waals surface area contributed by atoms with Crippen LogP contribution in [-0.2, 0) is 17.8 Å². The van der Waals surface area contributed by atoms with Crippen LogP contribution >= 0.6 is 11.3 Å². The molecule has 1 heterocycles. The molecule has 0 atom stereocenters. The number of thiophene rings is 1. The van der Waals surface area contributed by atoms with Crippen LogP contribution in [0.5, 0.6) is 11.5 Å². The first-order valence-corrected chi connectivity index (χ1v) is 7.18. The van der Waals surface area contributed by atoms with Crippen LogP contribution in [0.15, 0.2) is 30.3 Å². The maximum Gasteiger partial charge on any atom is 0.308 e. The fourth-order valence-electron chi connectivity index (χ4n) is 1.86. The topological polar surface area (TPSA) is 67.8 Å². The molecule has 0 saturated heterocycles. The Balaban J connectivity index is 2.02. The highest BCUT2D eigenvalue weighted by atomic mass is 32.1. The molecule has 0 aliphatic carbocycles. The van der Waals surface area contributed by atoms with Crippen molar-refractivity contribution < 1.29 is 19.4 Å². The van der Waals surface area contributed by atoms with E-state index in [9.17, 15) is 4.79 Å². The van der Waals surface area contributed by atoms with Crippen molar-refractivity contribution in [1.29, 1.82) is 0 Å². The molecule has 1 aromatic heterocycles. The SMILES string of the molecule is COc1cc(NCc2ccc(CC(=O)O)s2)cc(OC)c1. The first-order valence-electron chi connectivity index (χ1n) is 6.37. The van der Waals surface area contributed by atoms with E-state index >= 15 is 0 Å². The maximum absolute atomic E-state index is 10.7. The van der Waals surface area contributed by atoms with Gasteiger partial charge in [0.1, 0.15) is 11.5 Å². The van der Waals surface area contributed by atoms with E-state index in [1.54, 1.807) is 20.3 Å². The number of nitrogens with one attached hydrogen (secondary N) is 1. The average Bonchev–Trinajstić information content (AvgIpc) is 2.91. The zero-order valence-electron chi connectivity index (χ0n) is 11.9. The van der Waals surface area contributed by atoms with Crippen LogP contribution in [0.25, 0.3) is 0 Å². The Hall–Kier alpha value is -2.21. The summed E-state index contributed by atoms with van der Waals surface area (Å²) in [6.07, 6.45) is 0.0671. The molecule has 0 bridgehead atoms. The molecule has 2 rings (SSSR count). The lowest BCUT2D eigenvalue weighted by atomic mass is 10.2. The van der Waals surface area contributed by atoms with Crippen LogP contribution in [0.4, 0.5) is 5.69 Å². The minimum absolute atomic E-state index is 0.0671. The van der Waals surface area contributed by atoms with Crippen molar-refractivity contribution in [1.82, 2.24) is 0 Å². The largest absolute Gasteiger partial charge is 0.497 e. The second-order valence-electron chi connectivity index (χ2n) is 4.39. The van der Waals surface area contributed by atoms with Gasteiger partial charge in [-0.05, 0) is 12.1 Å². The van der Waals surface area contributed by atoms with Gasteiger partial charge in [-0.3, -0.25) is 4.79 Å². The molecule has 0 radical (unpaired) electrons. The molecule has 112 valence electrons. The average molecular weight is 307 g/mol. The molecular weight excluding hydrogens is 290 g/mol. The second kappa shape index (κ2) is 6.99. The first-order chi connectivity index (χ1) is 10.1. The number of carboxylic acids is 1. The van der Waals surface area contributed by atoms with Crippen molar-refractivity contribution in [2.24, 2.45) is 0 Å². The number of aliphatic carboxylic acids is 1. The lowest BCUT2D eigenvalue weighted by Gasteiger charge is -2.10. The van der Waals surface area contributed by atoms with Gasteiger partial charge in [0.2, 0.25) is 0 Å². The summed E-state index contributed by atoms with van der Waals surface area (Å²) in [5.41, 5.74) is 0.888. The fraction of sp³-hybridized carbons (Fsp3) is 0.267. The molecule has 5 nitrogen and oxygen atoms in total. The number of methoxy groups -OCH3 is 2. The molecule has 0 unspecified atom stereocenters. The van der Waals surface area contributed by atoms with Crippen molar-refractivity contribution in [3.8, 4) is 11.5 Å². The van der Waals surface area contributed by atoms with Crippen molar-refractivity contribution in [2.45, 2.75) is 13.0 Å². The highest BCUT2D eigenvalue weighted by Gasteiger charge is 2.06. The Morgan fingerprint density at radius 2 is 1.76 bits per heavy atom. The molecule has 2 N–H and O–H groups in total. The highest BCUT2D eigenvalue weighted by molar-refractivity contribution is 7.12. The highest BCUT2D eigenvalue weighted by Crippen LogP contribution is 2.26. The molecule has 0 fully saturated rings. The van der Waals surface area contributed by atoms with E-state index in [-0.39, 0.29) is 6.42 Å². The monoisotopic (exact) mass is 307 g/mol. The molecular formula is C15H17NO4S. The zero-order valence-corrected chi connectivity index (χ0v) is 12.7. The van der Waals surface area contributed by atoms with E-state index in [0.29, 0.717) is 6.54 Å². The number of anilines is 1. The third-order valence-electron chi connectivity index (χ3n) is 2.86. The quantitative estimate of drug-likeness (QED) is 0.823. The molecule has 0 saturated carbocycles. The van der Waals surface area contributed by atoms with E-state index in [2.05, 4.69) is 5.32 Å². The molecule has 0 aliphatic rings. The minimum Gasteiger partial charge on any atom is -0.497 e. The Labute approximate surface area is 127 Å². The summed E-state index contributed by atoms with van der Waals surface area (Å²) in [5, 5.41) is 12.0. The van der Waals surface area contributed by atoms with Gasteiger partial charge >= 0.3 is 5.97 Å². The molecule has 6 heteroatoms. The number of hydrogen-bond donors (Lipinski definition) is 2. The smallest absolute Gasteiger partial charge is 0.308 e. The number of benzene rings is 1. The summed E-state index contributed by atoms with van der Waals surface area (Å²) in [5.74, 6) is 0.623. The molecule has 0 spiro atoms. The van der Waals surface area contributed by atoms with Crippen LogP contribution in [0.2, 0.25) is 0 Å². The summed E-state index contributed by atoms with van der Waals surface area (Å²) in [4.78, 5) is 12.6. The number of carboxylic acid groups (broad SMARTS) is 1. The van der Waals surface area contributed by atoms with Gasteiger partial charge in [0, 0.05) is 40.2 Å². The van der Waals surface area contributed by atoms with Gasteiger partial charge in [0.25, 0.3) is 0 Å². The minimum atomic E-state index is -0.811. The Morgan fingerprint density at radius 1 is 1.14 bits per heavy atom. The summed E-state index contributed by atoms with van der Waals surface area (Å²) < 4.78 is 10.4. The summed E-state index contributed by atoms with van der Waals surface area (Å²) in [7, 11) is 3.21. The predicted molar refractivity (Wildman–Crippen MR) is 82.5 cm³/mol. The number of carbonyl (C=O) groups is 1. The summed E-state index contributed by atoms with van der Waals surface area (Å²) >= 11 is 1.49. The number of rotatable bonds is 7. The lowest BCUT2D eigenvalue weighted by Crippen LogP contribution is -1.99. The van der Waals surface area contributed by atoms with E-state index in [4.69, 9.17) is 14.6 Å². The van der Waals surface area contributed by atoms with Crippen molar-refractivity contribution in [3.63, 3.8) is 0 Å². The Bertz CT molecular complexity index is 602. The van der Waals surface area contributed by atoms with Crippen LogP contribution in [0, 0.1) is 0 Å². The van der Waals surface area contributed by atoms with Gasteiger partial charge in [-0.2, -0.15) is 0 Å². The van der Waals surface area contributed by atoms with Gasteiger partial charge < -0.3 is 19.9 Å². The van der Waals surface area contributed by atoms with Gasteiger partial charge in [-0.25, -0.2) is 0 Å². The van der Waals surface area contributed by atoms with Gasteiger partial charge in [-0.1, -0.05) is 0 Å². The van der Waals surface area contributed by atoms with Crippen LogP contribution in [0.3, 0.4) is 0 Å². The standard InChI is InChI=1S/C15H17NO4S/c1-19-11-5-10(6-12(7-11)20-2)16-9-14-4-3-13(21-14)8-15(17)18/h3-7,16H,8-9H2,1-2H3,(H,17,18). The molecule has 0 amide bonds. The lowest BCUT2D eigenvalue weighted by molar-refractivity contribution is -0.136. The number of hydrogen-bond acceptors (Lipinski definition) is 5. The third kappa shape index (κ3) is 4.39. The molecule has 21 heavy (non-hydrogen) atoms. The van der Waals surface area contributed by atoms with Crippen molar-refractivity contribution in [3.05, 3.63) is 40.1 Å². The van der Waals surface area contributed by atoms with Gasteiger partial charge in [0.05, 0.1) is 20.6 Å². The van der Waals surface area contributed by atoms with Crippen LogP contribution in [0.1, 0.15) is 9.75 Å². The van der Waals surface area contributed by atoms with Crippen molar-refractivity contribution >= 4 is 23.0 Å². The molecule has 1 aromatic carbocycles. The maximum atomic E-state index is 10.7. The van der Waals surface area contributed by atoms with Gasteiger partial charge in [0.15, 0.2) is 0 Å². The van der Waals surface area contributed by atoms with E-state index in [0.717, 1.165) is 26.9 Å². The first kappa shape index (κ1) is 15.2. The van der Waals surface area contributed by atoms with Crippen LogP contribution < -0.4 is 14.8 Å². The normalized spacial score (nSPS) is 10.2. The zero-order chi connectivity index (χ0) is 15.2. The van der Waals surface area contributed by atoms with E-state index < -0.39 is 5.97 Å². The third-order valence-corrected chi connectivity index (χ3v) is 3.95. The predicted octanol–water partition coefficient (Wildman–Crippen LogP) is 3.00.